The lowest BCUT2D eigenvalue weighted by Crippen LogP contribution is -2.67. The van der Waals surface area contributed by atoms with Gasteiger partial charge in [-0.05, 0) is 112 Å². The number of fused-ring (bicyclic) bond motifs is 5. The van der Waals surface area contributed by atoms with E-state index in [1.165, 1.54) is 6.42 Å². The molecule has 0 aromatic heterocycles. The predicted octanol–water partition coefficient (Wildman–Crippen LogP) is 5.92. The van der Waals surface area contributed by atoms with Gasteiger partial charge < -0.3 is 14.9 Å². The van der Waals surface area contributed by atoms with Gasteiger partial charge in [-0.1, -0.05) is 34.6 Å². The number of rotatable bonds is 2. The Labute approximate surface area is 207 Å². The number of aliphatic hydroxyl groups excluding tert-OH is 1. The maximum atomic E-state index is 12.9. The molecule has 4 aliphatic carbocycles. The van der Waals surface area contributed by atoms with Crippen molar-refractivity contribution in [1.29, 1.82) is 0 Å². The summed E-state index contributed by atoms with van der Waals surface area (Å²) in [6.07, 6.45) is 8.44. The van der Waals surface area contributed by atoms with Crippen molar-refractivity contribution in [2.24, 2.45) is 45.3 Å². The highest BCUT2D eigenvalue weighted by Crippen LogP contribution is 2.75. The molecule has 0 unspecified atom stereocenters. The van der Waals surface area contributed by atoms with E-state index in [0.29, 0.717) is 30.0 Å². The topological polar surface area (TPSA) is 66.8 Å². The fourth-order valence-corrected chi connectivity index (χ4v) is 11.0. The van der Waals surface area contributed by atoms with Crippen LogP contribution in [0.3, 0.4) is 0 Å². The zero-order valence-corrected chi connectivity index (χ0v) is 23.0. The van der Waals surface area contributed by atoms with Gasteiger partial charge in [0.25, 0.3) is 0 Å². The zero-order chi connectivity index (χ0) is 25.1. The molecule has 5 rings (SSSR count). The molecule has 4 saturated carbocycles. The lowest BCUT2D eigenvalue weighted by Gasteiger charge is -2.70. The van der Waals surface area contributed by atoms with E-state index in [9.17, 15) is 15.0 Å². The second-order valence-electron chi connectivity index (χ2n) is 15.2. The van der Waals surface area contributed by atoms with Crippen molar-refractivity contribution in [2.75, 3.05) is 0 Å². The van der Waals surface area contributed by atoms with Gasteiger partial charge in [-0.2, -0.15) is 0 Å². The van der Waals surface area contributed by atoms with Crippen molar-refractivity contribution in [3.63, 3.8) is 0 Å². The second kappa shape index (κ2) is 7.32. The maximum absolute atomic E-state index is 12.9. The van der Waals surface area contributed by atoms with E-state index >= 15 is 0 Å². The lowest BCUT2D eigenvalue weighted by atomic mass is 9.35. The van der Waals surface area contributed by atoms with E-state index in [1.807, 2.05) is 13.8 Å². The zero-order valence-electron chi connectivity index (χ0n) is 23.0. The number of Topliss-reactive ketones (excluding diaryl/α,β-unsaturated/α-hetero) is 1. The summed E-state index contributed by atoms with van der Waals surface area (Å²) in [4.78, 5) is 12.9. The highest BCUT2D eigenvalue weighted by atomic mass is 16.5. The Morgan fingerprint density at radius 2 is 1.53 bits per heavy atom. The molecule has 4 nitrogen and oxygen atoms in total. The molecule has 4 heteroatoms. The minimum absolute atomic E-state index is 0.00958. The van der Waals surface area contributed by atoms with Gasteiger partial charge in [0.15, 0.2) is 0 Å². The van der Waals surface area contributed by atoms with Crippen molar-refractivity contribution in [3.8, 4) is 0 Å². The van der Waals surface area contributed by atoms with Crippen molar-refractivity contribution in [3.05, 3.63) is 0 Å². The van der Waals surface area contributed by atoms with Crippen LogP contribution in [0.15, 0.2) is 0 Å². The Morgan fingerprint density at radius 1 is 0.882 bits per heavy atom. The molecule has 0 aromatic carbocycles. The van der Waals surface area contributed by atoms with Gasteiger partial charge in [0.05, 0.1) is 23.4 Å². The minimum Gasteiger partial charge on any atom is -0.393 e. The summed E-state index contributed by atoms with van der Waals surface area (Å²) in [5.41, 5.74) is -1.09. The quantitative estimate of drug-likeness (QED) is 0.521. The summed E-state index contributed by atoms with van der Waals surface area (Å²) >= 11 is 0. The Kier molecular flexibility index (Phi) is 5.42. The van der Waals surface area contributed by atoms with Gasteiger partial charge in [-0.25, -0.2) is 0 Å². The van der Waals surface area contributed by atoms with Gasteiger partial charge in [0.2, 0.25) is 0 Å². The summed E-state index contributed by atoms with van der Waals surface area (Å²) in [6.45, 7) is 17.8. The Bertz CT molecular complexity index is 858. The van der Waals surface area contributed by atoms with Crippen LogP contribution in [0.5, 0.6) is 0 Å². The molecule has 0 bridgehead atoms. The molecule has 5 aliphatic rings. The third kappa shape index (κ3) is 3.09. The molecule has 194 valence electrons. The smallest absolute Gasteiger partial charge is 0.138 e. The Balaban J connectivity index is 1.49. The third-order valence-electron chi connectivity index (χ3n) is 13.0. The first kappa shape index (κ1) is 25.2. The number of carbonyl (C=O) groups excluding carboxylic acids is 1. The van der Waals surface area contributed by atoms with Crippen molar-refractivity contribution >= 4 is 5.78 Å². The van der Waals surface area contributed by atoms with Crippen LogP contribution in [0.2, 0.25) is 0 Å². The van der Waals surface area contributed by atoms with Crippen LogP contribution < -0.4 is 0 Å². The van der Waals surface area contributed by atoms with E-state index < -0.39 is 5.60 Å². The predicted molar refractivity (Wildman–Crippen MR) is 134 cm³/mol. The van der Waals surface area contributed by atoms with Crippen LogP contribution in [0.4, 0.5) is 0 Å². The van der Waals surface area contributed by atoms with Crippen LogP contribution in [0.1, 0.15) is 113 Å². The van der Waals surface area contributed by atoms with E-state index in [4.69, 9.17) is 4.74 Å². The van der Waals surface area contributed by atoms with Gasteiger partial charge in [0.1, 0.15) is 5.78 Å². The van der Waals surface area contributed by atoms with E-state index in [1.54, 1.807) is 0 Å². The summed E-state index contributed by atoms with van der Waals surface area (Å²) in [7, 11) is 0. The Morgan fingerprint density at radius 3 is 2.15 bits per heavy atom. The average Bonchev–Trinajstić information content (AvgIpc) is 3.27. The van der Waals surface area contributed by atoms with Crippen LogP contribution >= 0.6 is 0 Å². The molecule has 1 aliphatic heterocycles. The van der Waals surface area contributed by atoms with Gasteiger partial charge in [-0.15, -0.1) is 0 Å². The summed E-state index contributed by atoms with van der Waals surface area (Å²) in [5, 5.41) is 22.6. The molecule has 1 saturated heterocycles. The summed E-state index contributed by atoms with van der Waals surface area (Å²) < 4.78 is 6.67. The largest absolute Gasteiger partial charge is 0.393 e. The summed E-state index contributed by atoms with van der Waals surface area (Å²) in [5.74, 6) is 1.88. The number of hydrogen-bond acceptors (Lipinski definition) is 4. The standard InChI is InChI=1S/C30H50O4/c1-25(2)21-10-15-29(7)24(27(21,5)13-11-22(25)32)20(31)17-19-18(9-14-28(19,29)6)30(8)16-12-23(34-30)26(3,4)33/h18-21,23-24,31,33H,9-17H2,1-8H3/t18-,19+,20+,21-,23+,24+,27-,28+,29+,30-/m0/s1. The van der Waals surface area contributed by atoms with E-state index in [2.05, 4.69) is 41.5 Å². The highest BCUT2D eigenvalue weighted by molar-refractivity contribution is 5.85. The number of ketones is 1. The van der Waals surface area contributed by atoms with Crippen molar-refractivity contribution in [2.45, 2.75) is 137 Å². The molecule has 2 N–H and O–H groups in total. The van der Waals surface area contributed by atoms with E-state index in [0.717, 1.165) is 44.9 Å². The normalized spacial score (nSPS) is 54.9. The highest BCUT2D eigenvalue weighted by Gasteiger charge is 2.72. The van der Waals surface area contributed by atoms with Crippen LogP contribution in [0.25, 0.3) is 0 Å². The molecule has 0 aromatic rings. The van der Waals surface area contributed by atoms with Crippen LogP contribution in [-0.4, -0.2) is 39.4 Å². The van der Waals surface area contributed by atoms with Crippen LogP contribution in [-0.2, 0) is 9.53 Å². The minimum atomic E-state index is -0.818. The molecular formula is C30H50O4. The summed E-state index contributed by atoms with van der Waals surface area (Å²) in [6, 6.07) is 0. The Hall–Kier alpha value is -0.450. The first-order valence-corrected chi connectivity index (χ1v) is 14.1. The van der Waals surface area contributed by atoms with Gasteiger partial charge >= 0.3 is 0 Å². The molecule has 0 spiro atoms. The SMILES string of the molecule is CC(C)(O)[C@H]1CC[C@@](C)([C@H]2CC[C@]3(C)[C@@H]2C[C@@H](O)[C@@H]2[C@@]4(C)CCC(=O)C(C)(C)[C@@H]4CC[C@]23C)O1. The third-order valence-corrected chi connectivity index (χ3v) is 13.0. The average molecular weight is 475 g/mol. The first-order valence-electron chi connectivity index (χ1n) is 14.1. The number of aliphatic hydroxyl groups is 2. The fourth-order valence-electron chi connectivity index (χ4n) is 11.0. The maximum Gasteiger partial charge on any atom is 0.138 e. The monoisotopic (exact) mass is 474 g/mol. The molecule has 34 heavy (non-hydrogen) atoms. The van der Waals surface area contributed by atoms with E-state index in [-0.39, 0.29) is 45.4 Å². The molecule has 5 fully saturated rings. The van der Waals surface area contributed by atoms with Gasteiger partial charge in [-0.3, -0.25) is 4.79 Å². The molecule has 0 radical (unpaired) electrons. The molecule has 0 amide bonds. The molecule has 1 heterocycles. The van der Waals surface area contributed by atoms with Crippen LogP contribution in [0, 0.1) is 45.3 Å². The molecular weight excluding hydrogens is 424 g/mol. The van der Waals surface area contributed by atoms with Crippen molar-refractivity contribution in [1.82, 2.24) is 0 Å². The lowest BCUT2D eigenvalue weighted by molar-refractivity contribution is -0.243. The molecule has 10 atom stereocenters. The van der Waals surface area contributed by atoms with Crippen molar-refractivity contribution < 1.29 is 19.7 Å². The van der Waals surface area contributed by atoms with Gasteiger partial charge in [0, 0.05) is 11.8 Å². The number of carbonyl (C=O) groups is 1. The first-order chi connectivity index (χ1) is 15.5. The fraction of sp³-hybridized carbons (Fsp3) is 0.967. The number of ether oxygens (including phenoxy) is 1. The number of hydrogen-bond donors (Lipinski definition) is 2. The second-order valence-corrected chi connectivity index (χ2v) is 15.2.